The van der Waals surface area contributed by atoms with Crippen LogP contribution in [0.1, 0.15) is 0 Å². The molecule has 0 amide bonds. The summed E-state index contributed by atoms with van der Waals surface area (Å²) in [6.07, 6.45) is 1.62. The molecule has 46 valence electrons. The molecule has 0 atom stereocenters. The van der Waals surface area contributed by atoms with Crippen molar-refractivity contribution in [2.75, 3.05) is 14.1 Å². The van der Waals surface area contributed by atoms with Gasteiger partial charge in [0.05, 0.1) is 6.34 Å². The number of hydrogen-bond donors (Lipinski definition) is 1. The lowest BCUT2D eigenvalue weighted by Gasteiger charge is -1.74. The molecule has 0 saturated carbocycles. The lowest BCUT2D eigenvalue weighted by Crippen LogP contribution is -1.99. The Morgan fingerprint density at radius 1 is 1.43 bits per heavy atom. The van der Waals surface area contributed by atoms with Crippen LogP contribution >= 0.6 is 24.8 Å². The molecular formula is C3H10Cl2N2. The number of nitrogens with one attached hydrogen (secondary N) is 1. The fraction of sp³-hybridized carbons (Fsp3) is 0.667. The third-order valence-corrected chi connectivity index (χ3v) is 0.258. The van der Waals surface area contributed by atoms with Crippen LogP contribution in [0.2, 0.25) is 0 Å². The van der Waals surface area contributed by atoms with E-state index in [0.717, 1.165) is 0 Å². The second-order valence-corrected chi connectivity index (χ2v) is 0.676. The average Bonchev–Trinajstić information content (AvgIpc) is 1.41. The predicted octanol–water partition coefficient (Wildman–Crippen LogP) is 0.707. The van der Waals surface area contributed by atoms with Crippen molar-refractivity contribution in [2.45, 2.75) is 0 Å². The van der Waals surface area contributed by atoms with Gasteiger partial charge in [0.1, 0.15) is 0 Å². The first-order chi connectivity index (χ1) is 2.41. The van der Waals surface area contributed by atoms with Crippen LogP contribution in [-0.2, 0) is 0 Å². The summed E-state index contributed by atoms with van der Waals surface area (Å²) >= 11 is 0. The lowest BCUT2D eigenvalue weighted by molar-refractivity contribution is 1.19. The molecule has 0 aromatic rings. The fourth-order valence-corrected chi connectivity index (χ4v) is 0.129. The van der Waals surface area contributed by atoms with Gasteiger partial charge in [0.25, 0.3) is 0 Å². The molecule has 0 fully saturated rings. The Morgan fingerprint density at radius 2 is 1.86 bits per heavy atom. The van der Waals surface area contributed by atoms with Crippen molar-refractivity contribution in [1.29, 1.82) is 0 Å². The molecule has 2 nitrogen and oxygen atoms in total. The fourth-order valence-electron chi connectivity index (χ4n) is 0.129. The Bertz CT molecular complexity index is 37.9. The van der Waals surface area contributed by atoms with Gasteiger partial charge >= 0.3 is 0 Å². The molecule has 1 N–H and O–H groups in total. The minimum absolute atomic E-state index is 0. The van der Waals surface area contributed by atoms with Crippen LogP contribution in [0, 0.1) is 0 Å². The van der Waals surface area contributed by atoms with E-state index in [0.29, 0.717) is 0 Å². The quantitative estimate of drug-likeness (QED) is 0.426. The summed E-state index contributed by atoms with van der Waals surface area (Å²) < 4.78 is 0. The highest BCUT2D eigenvalue weighted by Crippen LogP contribution is 1.36. The minimum atomic E-state index is 0. The van der Waals surface area contributed by atoms with E-state index in [1.54, 1.807) is 13.4 Å². The molecule has 0 bridgehead atoms. The van der Waals surface area contributed by atoms with Crippen LogP contribution in [0.15, 0.2) is 4.99 Å². The Balaban J connectivity index is -0.0000000800. The van der Waals surface area contributed by atoms with Crippen LogP contribution in [-0.4, -0.2) is 20.4 Å². The van der Waals surface area contributed by atoms with Gasteiger partial charge in [0.2, 0.25) is 0 Å². The Morgan fingerprint density at radius 3 is 1.86 bits per heavy atom. The molecule has 0 spiro atoms. The molecule has 0 aromatic carbocycles. The van der Waals surface area contributed by atoms with Crippen LogP contribution < -0.4 is 5.32 Å². The maximum absolute atomic E-state index is 3.62. The molecule has 0 aliphatic rings. The zero-order chi connectivity index (χ0) is 4.12. The zero-order valence-electron chi connectivity index (χ0n) is 4.34. The number of halogens is 2. The molecule has 0 aromatic heterocycles. The second-order valence-electron chi connectivity index (χ2n) is 0.676. The van der Waals surface area contributed by atoms with Crippen LogP contribution in [0.3, 0.4) is 0 Å². The standard InChI is InChI=1S/C3H8N2.2ClH/c1-4-3-5-2;;/h3H,1-2H3,(H,4,5);2*1H. The van der Waals surface area contributed by atoms with Crippen molar-refractivity contribution < 1.29 is 0 Å². The van der Waals surface area contributed by atoms with Gasteiger partial charge in [-0.3, -0.25) is 4.99 Å². The number of rotatable bonds is 1. The van der Waals surface area contributed by atoms with Gasteiger partial charge in [0.15, 0.2) is 0 Å². The number of nitrogens with zero attached hydrogens (tertiary/aromatic N) is 1. The molecular weight excluding hydrogens is 135 g/mol. The molecule has 0 heterocycles. The summed E-state index contributed by atoms with van der Waals surface area (Å²) in [5.41, 5.74) is 0. The zero-order valence-corrected chi connectivity index (χ0v) is 5.97. The number of aliphatic imine (C=N–C) groups is 1. The van der Waals surface area contributed by atoms with Gasteiger partial charge in [-0.05, 0) is 0 Å². The van der Waals surface area contributed by atoms with Crippen molar-refractivity contribution in [2.24, 2.45) is 4.99 Å². The molecule has 4 heteroatoms. The van der Waals surface area contributed by atoms with Crippen molar-refractivity contribution in [3.8, 4) is 0 Å². The van der Waals surface area contributed by atoms with Gasteiger partial charge in [-0.25, -0.2) is 0 Å². The van der Waals surface area contributed by atoms with Crippen LogP contribution in [0.4, 0.5) is 0 Å². The summed E-state index contributed by atoms with van der Waals surface area (Å²) in [6, 6.07) is 0. The van der Waals surface area contributed by atoms with E-state index in [4.69, 9.17) is 0 Å². The third-order valence-electron chi connectivity index (χ3n) is 0.258. The smallest absolute Gasteiger partial charge is 0.0817 e. The topological polar surface area (TPSA) is 24.4 Å². The first-order valence-corrected chi connectivity index (χ1v) is 1.49. The van der Waals surface area contributed by atoms with Crippen molar-refractivity contribution in [1.82, 2.24) is 5.32 Å². The van der Waals surface area contributed by atoms with Gasteiger partial charge in [-0.15, -0.1) is 24.8 Å². The Kier molecular flexibility index (Phi) is 37.3. The normalized spacial score (nSPS) is 6.57. The van der Waals surface area contributed by atoms with Crippen LogP contribution in [0.5, 0.6) is 0 Å². The summed E-state index contributed by atoms with van der Waals surface area (Å²) in [4.78, 5) is 3.62. The SMILES string of the molecule is CN=CNC.Cl.Cl. The molecule has 0 aliphatic heterocycles. The average molecular weight is 145 g/mol. The Labute approximate surface area is 56.2 Å². The van der Waals surface area contributed by atoms with Crippen molar-refractivity contribution in [3.63, 3.8) is 0 Å². The van der Waals surface area contributed by atoms with Gasteiger partial charge in [-0.1, -0.05) is 0 Å². The van der Waals surface area contributed by atoms with Gasteiger partial charge in [0, 0.05) is 14.1 Å². The van der Waals surface area contributed by atoms with Gasteiger partial charge < -0.3 is 5.32 Å². The highest BCUT2D eigenvalue weighted by Gasteiger charge is 1.45. The summed E-state index contributed by atoms with van der Waals surface area (Å²) in [6.45, 7) is 0. The third kappa shape index (κ3) is 23.6. The second kappa shape index (κ2) is 16.6. The van der Waals surface area contributed by atoms with E-state index in [9.17, 15) is 0 Å². The Hall–Kier alpha value is 0.0500. The number of hydrogen-bond acceptors (Lipinski definition) is 1. The maximum atomic E-state index is 3.62. The predicted molar refractivity (Wildman–Crippen MR) is 38.0 cm³/mol. The molecule has 0 aliphatic carbocycles. The molecule has 7 heavy (non-hydrogen) atoms. The molecule has 0 rings (SSSR count). The molecule has 0 unspecified atom stereocenters. The maximum Gasteiger partial charge on any atom is 0.0817 e. The highest BCUT2D eigenvalue weighted by atomic mass is 35.5. The van der Waals surface area contributed by atoms with Crippen LogP contribution in [0.25, 0.3) is 0 Å². The van der Waals surface area contributed by atoms with Gasteiger partial charge in [-0.2, -0.15) is 0 Å². The lowest BCUT2D eigenvalue weighted by atomic mass is 11.1. The molecule has 0 radical (unpaired) electrons. The van der Waals surface area contributed by atoms with E-state index in [1.165, 1.54) is 0 Å². The van der Waals surface area contributed by atoms with Crippen molar-refractivity contribution in [3.05, 3.63) is 0 Å². The monoisotopic (exact) mass is 144 g/mol. The van der Waals surface area contributed by atoms with E-state index in [2.05, 4.69) is 10.3 Å². The summed E-state index contributed by atoms with van der Waals surface area (Å²) in [5, 5.41) is 2.73. The summed E-state index contributed by atoms with van der Waals surface area (Å²) in [5.74, 6) is 0. The largest absolute Gasteiger partial charge is 0.380 e. The van der Waals surface area contributed by atoms with E-state index in [-0.39, 0.29) is 24.8 Å². The first kappa shape index (κ1) is 15.7. The minimum Gasteiger partial charge on any atom is -0.380 e. The highest BCUT2D eigenvalue weighted by molar-refractivity contribution is 5.85. The van der Waals surface area contributed by atoms with Crippen molar-refractivity contribution >= 4 is 31.2 Å². The van der Waals surface area contributed by atoms with E-state index >= 15 is 0 Å². The van der Waals surface area contributed by atoms with E-state index in [1.807, 2.05) is 7.05 Å². The van der Waals surface area contributed by atoms with E-state index < -0.39 is 0 Å². The first-order valence-electron chi connectivity index (χ1n) is 1.49. The molecule has 0 saturated heterocycles. The summed E-state index contributed by atoms with van der Waals surface area (Å²) in [7, 11) is 3.53.